The molecule has 96 valence electrons. The highest BCUT2D eigenvalue weighted by atomic mass is 79.9. The minimum Gasteiger partial charge on any atom is -0.323 e. The summed E-state index contributed by atoms with van der Waals surface area (Å²) >= 11 is 6.93. The fraction of sp³-hybridized carbons (Fsp3) is 0.333. The van der Waals surface area contributed by atoms with Gasteiger partial charge in [-0.1, -0.05) is 34.5 Å². The van der Waals surface area contributed by atoms with Gasteiger partial charge in [0, 0.05) is 8.95 Å². The Morgan fingerprint density at radius 3 is 2.83 bits per heavy atom. The molecule has 1 atom stereocenters. The van der Waals surface area contributed by atoms with Crippen molar-refractivity contribution in [1.82, 2.24) is 15.0 Å². The molecule has 1 aromatic carbocycles. The molecule has 0 fully saturated rings. The molecule has 1 heterocycles. The second-order valence-corrected chi connectivity index (χ2v) is 5.85. The quantitative estimate of drug-likeness (QED) is 0.890. The zero-order valence-corrected chi connectivity index (χ0v) is 13.1. The number of aromatic nitrogens is 3. The number of hydrogen-bond donors (Lipinski definition) is 1. The molecule has 0 saturated carbocycles. The lowest BCUT2D eigenvalue weighted by atomic mass is 10.1. The zero-order valence-electron chi connectivity index (χ0n) is 9.98. The molecule has 18 heavy (non-hydrogen) atoms. The molecule has 6 heteroatoms. The number of hydrogen-bond acceptors (Lipinski definition) is 3. The highest BCUT2D eigenvalue weighted by molar-refractivity contribution is 9.11. The molecule has 0 spiro atoms. The van der Waals surface area contributed by atoms with E-state index >= 15 is 0 Å². The molecule has 0 saturated heterocycles. The van der Waals surface area contributed by atoms with Crippen molar-refractivity contribution in [1.29, 1.82) is 0 Å². The van der Waals surface area contributed by atoms with Gasteiger partial charge in [-0.3, -0.25) is 0 Å². The number of benzene rings is 1. The van der Waals surface area contributed by atoms with E-state index in [1.54, 1.807) is 4.68 Å². The van der Waals surface area contributed by atoms with Gasteiger partial charge in [-0.05, 0) is 40.5 Å². The lowest BCUT2D eigenvalue weighted by Crippen LogP contribution is -2.10. The fourth-order valence-corrected chi connectivity index (χ4v) is 2.92. The van der Waals surface area contributed by atoms with E-state index in [-0.39, 0.29) is 6.04 Å². The first-order chi connectivity index (χ1) is 8.61. The van der Waals surface area contributed by atoms with Gasteiger partial charge in [0.25, 0.3) is 0 Å². The maximum atomic E-state index is 6.02. The molecule has 0 aliphatic heterocycles. The Morgan fingerprint density at radius 1 is 1.39 bits per heavy atom. The topological polar surface area (TPSA) is 56.7 Å². The molecule has 4 nitrogen and oxygen atoms in total. The minimum absolute atomic E-state index is 0.0435. The third kappa shape index (κ3) is 2.99. The van der Waals surface area contributed by atoms with Gasteiger partial charge in [-0.25, -0.2) is 4.68 Å². The van der Waals surface area contributed by atoms with Crippen molar-refractivity contribution in [3.63, 3.8) is 0 Å². The van der Waals surface area contributed by atoms with E-state index in [2.05, 4.69) is 49.1 Å². The van der Waals surface area contributed by atoms with E-state index in [1.807, 2.05) is 24.4 Å². The van der Waals surface area contributed by atoms with E-state index in [0.717, 1.165) is 33.2 Å². The molecule has 0 aliphatic rings. The van der Waals surface area contributed by atoms with E-state index in [4.69, 9.17) is 5.73 Å². The molecule has 0 radical (unpaired) electrons. The van der Waals surface area contributed by atoms with Crippen LogP contribution in [0.25, 0.3) is 5.69 Å². The first-order valence-electron chi connectivity index (χ1n) is 5.75. The summed E-state index contributed by atoms with van der Waals surface area (Å²) in [4.78, 5) is 0. The van der Waals surface area contributed by atoms with Crippen LogP contribution in [0.4, 0.5) is 0 Å². The molecule has 2 rings (SSSR count). The smallest absolute Gasteiger partial charge is 0.0998 e. The van der Waals surface area contributed by atoms with Crippen LogP contribution in [0.5, 0.6) is 0 Å². The van der Waals surface area contributed by atoms with Crippen molar-refractivity contribution in [2.24, 2.45) is 5.73 Å². The SMILES string of the molecule is CCCC(N)c1cn(-c2ccc(Br)cc2Br)nn1. The Kier molecular flexibility index (Phi) is 4.53. The van der Waals surface area contributed by atoms with Gasteiger partial charge in [0.2, 0.25) is 0 Å². The molecule has 0 amide bonds. The summed E-state index contributed by atoms with van der Waals surface area (Å²) in [7, 11) is 0. The van der Waals surface area contributed by atoms with E-state index in [0.29, 0.717) is 0 Å². The maximum Gasteiger partial charge on any atom is 0.0998 e. The molecule has 2 aromatic rings. The molecule has 0 bridgehead atoms. The zero-order chi connectivity index (χ0) is 13.1. The summed E-state index contributed by atoms with van der Waals surface area (Å²) in [6.07, 6.45) is 3.84. The maximum absolute atomic E-state index is 6.02. The van der Waals surface area contributed by atoms with Gasteiger partial charge in [0.05, 0.1) is 23.6 Å². The van der Waals surface area contributed by atoms with Crippen LogP contribution in [0.2, 0.25) is 0 Å². The minimum atomic E-state index is -0.0435. The van der Waals surface area contributed by atoms with Crippen LogP contribution in [-0.4, -0.2) is 15.0 Å². The number of nitrogens with zero attached hydrogens (tertiary/aromatic N) is 3. The average molecular weight is 374 g/mol. The Balaban J connectivity index is 2.29. The van der Waals surface area contributed by atoms with Crippen LogP contribution in [0, 0.1) is 0 Å². The summed E-state index contributed by atoms with van der Waals surface area (Å²) in [5, 5.41) is 8.25. The Bertz CT molecular complexity index is 539. The van der Waals surface area contributed by atoms with Crippen molar-refractivity contribution in [2.45, 2.75) is 25.8 Å². The largest absolute Gasteiger partial charge is 0.323 e. The van der Waals surface area contributed by atoms with Crippen molar-refractivity contribution in [3.05, 3.63) is 39.0 Å². The Labute approximate surface area is 123 Å². The molecule has 1 aromatic heterocycles. The van der Waals surface area contributed by atoms with Crippen molar-refractivity contribution < 1.29 is 0 Å². The van der Waals surface area contributed by atoms with Crippen molar-refractivity contribution >= 4 is 31.9 Å². The molecule has 2 N–H and O–H groups in total. The van der Waals surface area contributed by atoms with Crippen LogP contribution in [-0.2, 0) is 0 Å². The number of rotatable bonds is 4. The first kappa shape index (κ1) is 13.7. The number of halogens is 2. The van der Waals surface area contributed by atoms with Gasteiger partial charge in [0.15, 0.2) is 0 Å². The van der Waals surface area contributed by atoms with E-state index in [9.17, 15) is 0 Å². The summed E-state index contributed by atoms with van der Waals surface area (Å²) < 4.78 is 3.71. The van der Waals surface area contributed by atoms with E-state index < -0.39 is 0 Å². The molecule has 0 aliphatic carbocycles. The number of nitrogens with two attached hydrogens (primary N) is 1. The summed E-state index contributed by atoms with van der Waals surface area (Å²) in [5.74, 6) is 0. The average Bonchev–Trinajstić information content (AvgIpc) is 2.78. The lowest BCUT2D eigenvalue weighted by Gasteiger charge is -2.05. The Hall–Kier alpha value is -0.720. The van der Waals surface area contributed by atoms with Gasteiger partial charge in [0.1, 0.15) is 0 Å². The normalized spacial score (nSPS) is 12.7. The van der Waals surface area contributed by atoms with Crippen LogP contribution >= 0.6 is 31.9 Å². The lowest BCUT2D eigenvalue weighted by molar-refractivity contribution is 0.619. The summed E-state index contributed by atoms with van der Waals surface area (Å²) in [6.45, 7) is 2.11. The van der Waals surface area contributed by atoms with Crippen molar-refractivity contribution in [2.75, 3.05) is 0 Å². The highest BCUT2D eigenvalue weighted by Gasteiger charge is 2.11. The standard InChI is InChI=1S/C12H14Br2N4/c1-2-3-10(15)11-7-18(17-16-11)12-5-4-8(13)6-9(12)14/h4-7,10H,2-3,15H2,1H3. The molecular formula is C12H14Br2N4. The Morgan fingerprint density at radius 2 is 2.17 bits per heavy atom. The van der Waals surface area contributed by atoms with Gasteiger partial charge < -0.3 is 5.73 Å². The highest BCUT2D eigenvalue weighted by Crippen LogP contribution is 2.25. The fourth-order valence-electron chi connectivity index (χ4n) is 1.69. The van der Waals surface area contributed by atoms with Gasteiger partial charge in [-0.15, -0.1) is 5.10 Å². The van der Waals surface area contributed by atoms with Crippen LogP contribution < -0.4 is 5.73 Å². The van der Waals surface area contributed by atoms with Gasteiger partial charge in [-0.2, -0.15) is 0 Å². The predicted octanol–water partition coefficient (Wildman–Crippen LogP) is 3.59. The monoisotopic (exact) mass is 372 g/mol. The third-order valence-corrected chi connectivity index (χ3v) is 3.78. The second kappa shape index (κ2) is 5.95. The summed E-state index contributed by atoms with van der Waals surface area (Å²) in [5.41, 5.74) is 7.79. The van der Waals surface area contributed by atoms with Gasteiger partial charge >= 0.3 is 0 Å². The third-order valence-electron chi connectivity index (χ3n) is 2.65. The van der Waals surface area contributed by atoms with Crippen molar-refractivity contribution in [3.8, 4) is 5.69 Å². The second-order valence-electron chi connectivity index (χ2n) is 4.08. The first-order valence-corrected chi connectivity index (χ1v) is 7.33. The van der Waals surface area contributed by atoms with Crippen LogP contribution in [0.15, 0.2) is 33.3 Å². The van der Waals surface area contributed by atoms with Crippen LogP contribution in [0.1, 0.15) is 31.5 Å². The molecular weight excluding hydrogens is 360 g/mol. The molecule has 1 unspecified atom stereocenters. The van der Waals surface area contributed by atoms with E-state index in [1.165, 1.54) is 0 Å². The van der Waals surface area contributed by atoms with Crippen LogP contribution in [0.3, 0.4) is 0 Å². The predicted molar refractivity (Wildman–Crippen MR) is 78.6 cm³/mol. The summed E-state index contributed by atoms with van der Waals surface area (Å²) in [6, 6.07) is 5.87.